The summed E-state index contributed by atoms with van der Waals surface area (Å²) < 4.78 is 13.8. The van der Waals surface area contributed by atoms with Crippen LogP contribution < -0.4 is 10.2 Å². The number of para-hydroxylation sites is 1. The Labute approximate surface area is 167 Å². The number of fused-ring (bicyclic) bond motifs is 2. The number of nitrogens with one attached hydrogen (secondary N) is 1. The smallest absolute Gasteiger partial charge is 0.309 e. The zero-order chi connectivity index (χ0) is 20.1. The highest BCUT2D eigenvalue weighted by atomic mass is 32.2. The fourth-order valence-corrected chi connectivity index (χ4v) is 5.72. The predicted molar refractivity (Wildman–Crippen MR) is 110 cm³/mol. The van der Waals surface area contributed by atoms with Gasteiger partial charge in [0.25, 0.3) is 5.91 Å². The lowest BCUT2D eigenvalue weighted by atomic mass is 10.0. The van der Waals surface area contributed by atoms with Crippen molar-refractivity contribution in [2.75, 3.05) is 23.3 Å². The zero-order valence-electron chi connectivity index (χ0n) is 16.0. The number of benzene rings is 2. The molecule has 2 aliphatic rings. The zero-order valence-corrected chi connectivity index (χ0v) is 16.8. The van der Waals surface area contributed by atoms with Gasteiger partial charge in [0.05, 0.1) is 5.69 Å². The Bertz CT molecular complexity index is 950. The van der Waals surface area contributed by atoms with Crippen LogP contribution in [0.1, 0.15) is 26.3 Å². The summed E-state index contributed by atoms with van der Waals surface area (Å²) in [6.45, 7) is 6.69. The minimum absolute atomic E-state index is 0.200. The second-order valence-corrected chi connectivity index (χ2v) is 9.50. The molecule has 7 heteroatoms. The van der Waals surface area contributed by atoms with Crippen LogP contribution >= 0.6 is 11.8 Å². The van der Waals surface area contributed by atoms with Crippen LogP contribution in [-0.2, 0) is 9.67 Å². The SMILES string of the molecule is CCN1C(=O)[C@@]2(SC(C)(C)CN2C(=O)Nc2ccccc2)c2cc(F)ccc21. The molecule has 0 aliphatic carbocycles. The van der Waals surface area contributed by atoms with Crippen LogP contribution in [-0.4, -0.2) is 34.7 Å². The van der Waals surface area contributed by atoms with Crippen LogP contribution in [0.15, 0.2) is 48.5 Å². The second kappa shape index (κ2) is 6.51. The number of amides is 3. The molecule has 1 atom stereocenters. The maximum absolute atomic E-state index is 14.2. The minimum atomic E-state index is -1.27. The Kier molecular flexibility index (Phi) is 4.38. The van der Waals surface area contributed by atoms with Crippen molar-refractivity contribution >= 4 is 35.1 Å². The first-order valence-electron chi connectivity index (χ1n) is 9.24. The first kappa shape index (κ1) is 18.8. The summed E-state index contributed by atoms with van der Waals surface area (Å²) in [6, 6.07) is 13.1. The van der Waals surface area contributed by atoms with Gasteiger partial charge in [0, 0.05) is 29.1 Å². The molecule has 0 radical (unpaired) electrons. The summed E-state index contributed by atoms with van der Waals surface area (Å²) in [5, 5.41) is 2.88. The fraction of sp³-hybridized carbons (Fsp3) is 0.333. The van der Waals surface area contributed by atoms with Crippen LogP contribution in [0.5, 0.6) is 0 Å². The van der Waals surface area contributed by atoms with Gasteiger partial charge in [-0.3, -0.25) is 9.69 Å². The lowest BCUT2D eigenvalue weighted by molar-refractivity contribution is -0.123. The van der Waals surface area contributed by atoms with Gasteiger partial charge >= 0.3 is 6.03 Å². The normalized spacial score (nSPS) is 22.6. The summed E-state index contributed by atoms with van der Waals surface area (Å²) in [4.78, 5) is 28.7. The van der Waals surface area contributed by atoms with Gasteiger partial charge in [0.15, 0.2) is 4.87 Å². The van der Waals surface area contributed by atoms with Crippen molar-refractivity contribution in [2.45, 2.75) is 30.4 Å². The van der Waals surface area contributed by atoms with Crippen molar-refractivity contribution in [2.24, 2.45) is 0 Å². The van der Waals surface area contributed by atoms with Crippen molar-refractivity contribution in [3.63, 3.8) is 0 Å². The van der Waals surface area contributed by atoms with E-state index in [1.54, 1.807) is 28.0 Å². The van der Waals surface area contributed by atoms with Crippen LogP contribution in [0.4, 0.5) is 20.6 Å². The monoisotopic (exact) mass is 399 g/mol. The molecule has 0 saturated carbocycles. The molecule has 28 heavy (non-hydrogen) atoms. The molecule has 1 N–H and O–H groups in total. The number of nitrogens with zero attached hydrogens (tertiary/aromatic N) is 2. The number of hydrogen-bond acceptors (Lipinski definition) is 3. The maximum atomic E-state index is 14.2. The van der Waals surface area contributed by atoms with E-state index in [0.29, 0.717) is 30.0 Å². The number of thioether (sulfide) groups is 1. The Morgan fingerprint density at radius 2 is 1.93 bits per heavy atom. The number of urea groups is 1. The standard InChI is InChI=1S/C21H22FN3O2S/c1-4-24-17-11-10-14(22)12-16(17)21(18(24)26)25(13-20(2,3)28-21)19(27)23-15-8-6-5-7-9-15/h5-12H,4,13H2,1-3H3,(H,23,27)/t21-/m0/s1. The lowest BCUT2D eigenvalue weighted by Crippen LogP contribution is -2.51. The minimum Gasteiger partial charge on any atom is -0.309 e. The number of likely N-dealkylation sites (N-methyl/N-ethyl adjacent to an activating group) is 1. The topological polar surface area (TPSA) is 52.7 Å². The van der Waals surface area contributed by atoms with Crippen molar-refractivity contribution in [3.8, 4) is 0 Å². The molecule has 2 aromatic rings. The Hall–Kier alpha value is -2.54. The van der Waals surface area contributed by atoms with Crippen molar-refractivity contribution in [3.05, 3.63) is 59.9 Å². The number of anilines is 2. The van der Waals surface area contributed by atoms with E-state index in [2.05, 4.69) is 5.32 Å². The lowest BCUT2D eigenvalue weighted by Gasteiger charge is -2.33. The molecular formula is C21H22FN3O2S. The molecule has 1 fully saturated rings. The molecule has 146 valence electrons. The van der Waals surface area contributed by atoms with Crippen LogP contribution in [0, 0.1) is 5.82 Å². The van der Waals surface area contributed by atoms with E-state index in [1.165, 1.54) is 23.9 Å². The summed E-state index contributed by atoms with van der Waals surface area (Å²) in [5.74, 6) is -0.619. The number of rotatable bonds is 2. The molecule has 2 aromatic carbocycles. The average molecular weight is 399 g/mol. The molecule has 3 amide bonds. The number of hydrogen-bond donors (Lipinski definition) is 1. The first-order valence-corrected chi connectivity index (χ1v) is 10.1. The third kappa shape index (κ3) is 2.76. The van der Waals surface area contributed by atoms with Crippen LogP contribution in [0.25, 0.3) is 0 Å². The van der Waals surface area contributed by atoms with Gasteiger partial charge in [-0.15, -0.1) is 11.8 Å². The molecular weight excluding hydrogens is 377 g/mol. The highest BCUT2D eigenvalue weighted by molar-refractivity contribution is 8.02. The van der Waals surface area contributed by atoms with E-state index < -0.39 is 10.7 Å². The molecule has 1 saturated heterocycles. The molecule has 4 rings (SSSR count). The van der Waals surface area contributed by atoms with Gasteiger partial charge in [-0.05, 0) is 51.1 Å². The summed E-state index contributed by atoms with van der Waals surface area (Å²) in [5.41, 5.74) is 1.85. The molecule has 0 unspecified atom stereocenters. The third-order valence-electron chi connectivity index (χ3n) is 5.08. The van der Waals surface area contributed by atoms with E-state index in [9.17, 15) is 14.0 Å². The Morgan fingerprint density at radius 3 is 2.61 bits per heavy atom. The maximum Gasteiger partial charge on any atom is 0.323 e. The van der Waals surface area contributed by atoms with E-state index in [-0.39, 0.29) is 16.7 Å². The van der Waals surface area contributed by atoms with E-state index in [1.807, 2.05) is 39.0 Å². The third-order valence-corrected chi connectivity index (χ3v) is 6.67. The summed E-state index contributed by atoms with van der Waals surface area (Å²) in [7, 11) is 0. The Morgan fingerprint density at radius 1 is 1.21 bits per heavy atom. The van der Waals surface area contributed by atoms with Gasteiger partial charge in [-0.2, -0.15) is 0 Å². The second-order valence-electron chi connectivity index (χ2n) is 7.60. The fourth-order valence-electron chi connectivity index (χ4n) is 4.00. The van der Waals surface area contributed by atoms with Gasteiger partial charge in [0.2, 0.25) is 0 Å². The number of halogens is 1. The van der Waals surface area contributed by atoms with Crippen molar-refractivity contribution in [1.29, 1.82) is 0 Å². The highest BCUT2D eigenvalue weighted by Gasteiger charge is 2.63. The largest absolute Gasteiger partial charge is 0.323 e. The number of carbonyl (C=O) groups is 2. The predicted octanol–water partition coefficient (Wildman–Crippen LogP) is 4.40. The highest BCUT2D eigenvalue weighted by Crippen LogP contribution is 2.59. The van der Waals surface area contributed by atoms with E-state index in [4.69, 9.17) is 0 Å². The molecule has 1 spiro atoms. The van der Waals surface area contributed by atoms with Crippen molar-refractivity contribution < 1.29 is 14.0 Å². The van der Waals surface area contributed by atoms with E-state index >= 15 is 0 Å². The molecule has 2 heterocycles. The first-order chi connectivity index (χ1) is 13.3. The summed E-state index contributed by atoms with van der Waals surface area (Å²) in [6.07, 6.45) is 0. The van der Waals surface area contributed by atoms with Gasteiger partial charge in [-0.25, -0.2) is 9.18 Å². The van der Waals surface area contributed by atoms with Gasteiger partial charge < -0.3 is 10.2 Å². The number of carbonyl (C=O) groups excluding carboxylic acids is 2. The van der Waals surface area contributed by atoms with Gasteiger partial charge in [0.1, 0.15) is 5.82 Å². The molecule has 2 aliphatic heterocycles. The van der Waals surface area contributed by atoms with Gasteiger partial charge in [-0.1, -0.05) is 18.2 Å². The summed E-state index contributed by atoms with van der Waals surface area (Å²) >= 11 is 1.41. The van der Waals surface area contributed by atoms with Crippen LogP contribution in [0.3, 0.4) is 0 Å². The molecule has 0 bridgehead atoms. The van der Waals surface area contributed by atoms with Crippen molar-refractivity contribution in [1.82, 2.24) is 4.90 Å². The molecule has 5 nitrogen and oxygen atoms in total. The quantitative estimate of drug-likeness (QED) is 0.814. The Balaban J connectivity index is 1.82. The van der Waals surface area contributed by atoms with E-state index in [0.717, 1.165) is 0 Å². The molecule has 0 aromatic heterocycles. The average Bonchev–Trinajstić information content (AvgIpc) is 3.07. The van der Waals surface area contributed by atoms with Crippen LogP contribution in [0.2, 0.25) is 0 Å².